The number of benzene rings is 2. The minimum atomic E-state index is -0.153. The van der Waals surface area contributed by atoms with Crippen LogP contribution in [0.3, 0.4) is 0 Å². The number of hydrogen-bond donors (Lipinski definition) is 0. The molecule has 0 aromatic heterocycles. The minimum Gasteiger partial charge on any atom is -0.496 e. The summed E-state index contributed by atoms with van der Waals surface area (Å²) in [6, 6.07) is 12.5. The van der Waals surface area contributed by atoms with Crippen LogP contribution in [0.25, 0.3) is 16.7 Å². The molecule has 0 amide bonds. The molecular weight excluding hydrogens is 365 g/mol. The molecule has 1 aliphatic carbocycles. The van der Waals surface area contributed by atoms with Gasteiger partial charge in [-0.25, -0.2) is 4.39 Å². The predicted molar refractivity (Wildman–Crippen MR) is 118 cm³/mol. The first-order valence-electron chi connectivity index (χ1n) is 10.0. The summed E-state index contributed by atoms with van der Waals surface area (Å²) >= 11 is 0. The molecule has 4 heteroatoms. The fraction of sp³-hybridized carbons (Fsp3) is 0.360. The first-order valence-corrected chi connectivity index (χ1v) is 10.0. The average Bonchev–Trinajstić information content (AvgIpc) is 2.67. The van der Waals surface area contributed by atoms with Crippen molar-refractivity contribution in [2.75, 3.05) is 34.4 Å². The number of hydrogen-bond acceptors (Lipinski definition) is 3. The molecule has 0 saturated heterocycles. The van der Waals surface area contributed by atoms with E-state index < -0.39 is 0 Å². The molecule has 154 valence electrons. The van der Waals surface area contributed by atoms with Crippen molar-refractivity contribution < 1.29 is 13.9 Å². The van der Waals surface area contributed by atoms with Gasteiger partial charge in [-0.05, 0) is 63.7 Å². The molecule has 29 heavy (non-hydrogen) atoms. The zero-order chi connectivity index (χ0) is 21.0. The maximum Gasteiger partial charge on any atom is 0.127 e. The van der Waals surface area contributed by atoms with Gasteiger partial charge in [0.25, 0.3) is 0 Å². The second-order valence-electron chi connectivity index (χ2n) is 7.83. The third-order valence-electron chi connectivity index (χ3n) is 5.03. The molecule has 0 radical (unpaired) electrons. The molecule has 0 N–H and O–H groups in total. The van der Waals surface area contributed by atoms with E-state index in [0.717, 1.165) is 23.2 Å². The van der Waals surface area contributed by atoms with Crippen LogP contribution in [0.5, 0.6) is 5.75 Å². The van der Waals surface area contributed by atoms with Crippen molar-refractivity contribution in [1.82, 2.24) is 4.90 Å². The molecule has 0 saturated carbocycles. The van der Waals surface area contributed by atoms with Gasteiger partial charge in [0.15, 0.2) is 0 Å². The van der Waals surface area contributed by atoms with Crippen molar-refractivity contribution in [2.24, 2.45) is 0 Å². The van der Waals surface area contributed by atoms with Crippen molar-refractivity contribution in [1.29, 1.82) is 0 Å². The van der Waals surface area contributed by atoms with Gasteiger partial charge in [-0.1, -0.05) is 35.4 Å². The zero-order valence-electron chi connectivity index (χ0n) is 18.0. The molecule has 2 aromatic carbocycles. The molecule has 3 nitrogen and oxygen atoms in total. The first kappa shape index (κ1) is 21.1. The van der Waals surface area contributed by atoms with Crippen LogP contribution in [-0.2, 0) is 4.74 Å². The average molecular weight is 396 g/mol. The lowest BCUT2D eigenvalue weighted by Gasteiger charge is -2.21. The minimum absolute atomic E-state index is 0.153. The Labute approximate surface area is 173 Å². The van der Waals surface area contributed by atoms with Gasteiger partial charge < -0.3 is 14.4 Å². The normalized spacial score (nSPS) is 14.2. The van der Waals surface area contributed by atoms with Crippen LogP contribution < -0.4 is 4.74 Å². The summed E-state index contributed by atoms with van der Waals surface area (Å²) in [5.41, 5.74) is 5.80. The summed E-state index contributed by atoms with van der Waals surface area (Å²) in [6.45, 7) is 5.49. The molecular formula is C25H30FNO2. The molecule has 0 spiro atoms. The highest BCUT2D eigenvalue weighted by Gasteiger charge is 2.23. The Kier molecular flexibility index (Phi) is 6.75. The molecule has 0 aliphatic heterocycles. The lowest BCUT2D eigenvalue weighted by atomic mass is 9.92. The van der Waals surface area contributed by atoms with E-state index in [1.807, 2.05) is 38.4 Å². The van der Waals surface area contributed by atoms with Gasteiger partial charge in [0.05, 0.1) is 12.7 Å². The summed E-state index contributed by atoms with van der Waals surface area (Å²) in [4.78, 5) is 2.06. The van der Waals surface area contributed by atoms with Crippen molar-refractivity contribution in [3.63, 3.8) is 0 Å². The smallest absolute Gasteiger partial charge is 0.127 e. The van der Waals surface area contributed by atoms with E-state index in [0.29, 0.717) is 36.5 Å². The van der Waals surface area contributed by atoms with E-state index in [9.17, 15) is 4.39 Å². The van der Waals surface area contributed by atoms with Crippen molar-refractivity contribution >= 4 is 5.57 Å². The summed E-state index contributed by atoms with van der Waals surface area (Å²) in [5.74, 6) is 1.10. The van der Waals surface area contributed by atoms with Crippen molar-refractivity contribution in [3.8, 4) is 16.9 Å². The van der Waals surface area contributed by atoms with E-state index in [1.165, 1.54) is 11.1 Å². The van der Waals surface area contributed by atoms with E-state index >= 15 is 0 Å². The second-order valence-corrected chi connectivity index (χ2v) is 7.83. The Morgan fingerprint density at radius 1 is 1.00 bits per heavy atom. The maximum absolute atomic E-state index is 15.0. The van der Waals surface area contributed by atoms with E-state index in [4.69, 9.17) is 9.47 Å². The SMILES string of the molecule is COC1=CCCC(F)=C1c1cc(-c2cc(C)cc(C)c2)ccc1OCCN(C)C. The van der Waals surface area contributed by atoms with E-state index in [2.05, 4.69) is 36.9 Å². The Morgan fingerprint density at radius 3 is 2.38 bits per heavy atom. The molecule has 0 heterocycles. The second kappa shape index (κ2) is 9.27. The van der Waals surface area contributed by atoms with Crippen LogP contribution in [0.15, 0.2) is 54.1 Å². The monoisotopic (exact) mass is 395 g/mol. The van der Waals surface area contributed by atoms with Gasteiger partial charge >= 0.3 is 0 Å². The van der Waals surface area contributed by atoms with Crippen molar-refractivity contribution in [2.45, 2.75) is 26.7 Å². The predicted octanol–water partition coefficient (Wildman–Crippen LogP) is 5.92. The number of methoxy groups -OCH3 is 1. The van der Waals surface area contributed by atoms with Crippen LogP contribution in [0, 0.1) is 13.8 Å². The van der Waals surface area contributed by atoms with Crippen LogP contribution in [0.1, 0.15) is 29.5 Å². The highest BCUT2D eigenvalue weighted by atomic mass is 19.1. The van der Waals surface area contributed by atoms with Gasteiger partial charge in [0.1, 0.15) is 23.9 Å². The number of halogens is 1. The first-order chi connectivity index (χ1) is 13.9. The highest BCUT2D eigenvalue weighted by molar-refractivity contribution is 5.85. The summed E-state index contributed by atoms with van der Waals surface area (Å²) in [5, 5.41) is 0. The maximum atomic E-state index is 15.0. The quantitative estimate of drug-likeness (QED) is 0.581. The lowest BCUT2D eigenvalue weighted by Crippen LogP contribution is -2.19. The lowest BCUT2D eigenvalue weighted by molar-refractivity contribution is 0.260. The number of rotatable bonds is 7. The number of ether oxygens (including phenoxy) is 2. The Bertz CT molecular complexity index is 924. The summed E-state index contributed by atoms with van der Waals surface area (Å²) < 4.78 is 26.5. The fourth-order valence-corrected chi connectivity index (χ4v) is 3.67. The van der Waals surface area contributed by atoms with Gasteiger partial charge in [-0.2, -0.15) is 0 Å². The third kappa shape index (κ3) is 5.07. The molecule has 2 aromatic rings. The zero-order valence-corrected chi connectivity index (χ0v) is 18.0. The van der Waals surface area contributed by atoms with Crippen LogP contribution in [-0.4, -0.2) is 39.3 Å². The number of nitrogens with zero attached hydrogens (tertiary/aromatic N) is 1. The summed E-state index contributed by atoms with van der Waals surface area (Å²) in [6.07, 6.45) is 2.98. The highest BCUT2D eigenvalue weighted by Crippen LogP contribution is 2.40. The molecule has 0 unspecified atom stereocenters. The number of aryl methyl sites for hydroxylation is 2. The van der Waals surface area contributed by atoms with Crippen molar-refractivity contribution in [3.05, 3.63) is 70.8 Å². The van der Waals surface area contributed by atoms with Crippen LogP contribution >= 0.6 is 0 Å². The van der Waals surface area contributed by atoms with E-state index in [-0.39, 0.29) is 5.83 Å². The Hall–Kier alpha value is -2.59. The number of allylic oxidation sites excluding steroid dienone is 3. The Balaban J connectivity index is 2.09. The topological polar surface area (TPSA) is 21.7 Å². The summed E-state index contributed by atoms with van der Waals surface area (Å²) in [7, 11) is 5.59. The van der Waals surface area contributed by atoms with Gasteiger partial charge in [0.2, 0.25) is 0 Å². The third-order valence-corrected chi connectivity index (χ3v) is 5.03. The molecule has 0 fully saturated rings. The number of likely N-dealkylation sites (N-methyl/N-ethyl adjacent to an activating group) is 1. The molecule has 0 bridgehead atoms. The van der Waals surface area contributed by atoms with Gasteiger partial charge in [-0.15, -0.1) is 0 Å². The fourth-order valence-electron chi connectivity index (χ4n) is 3.67. The largest absolute Gasteiger partial charge is 0.496 e. The standard InChI is InChI=1S/C25H30FNO2/c1-17-13-18(2)15-20(14-17)19-9-10-23(29-12-11-27(3)4)21(16-19)25-22(26)7-6-8-24(25)28-5/h8-10,13-16H,6-7,11-12H2,1-5H3. The Morgan fingerprint density at radius 2 is 1.72 bits per heavy atom. The molecule has 1 aliphatic rings. The van der Waals surface area contributed by atoms with Gasteiger partial charge in [-0.3, -0.25) is 0 Å². The van der Waals surface area contributed by atoms with Crippen LogP contribution in [0.2, 0.25) is 0 Å². The van der Waals surface area contributed by atoms with Gasteiger partial charge in [0, 0.05) is 18.5 Å². The molecule has 0 atom stereocenters. The van der Waals surface area contributed by atoms with Crippen LogP contribution in [0.4, 0.5) is 4.39 Å². The van der Waals surface area contributed by atoms with E-state index in [1.54, 1.807) is 7.11 Å². The molecule has 3 rings (SSSR count).